The fourth-order valence-corrected chi connectivity index (χ4v) is 1.37. The fraction of sp³-hybridized carbons (Fsp3) is 0.500. The van der Waals surface area contributed by atoms with Crippen molar-refractivity contribution in [3.8, 4) is 0 Å². The van der Waals surface area contributed by atoms with Crippen LogP contribution in [0, 0.1) is 0 Å². The second kappa shape index (κ2) is 7.27. The van der Waals surface area contributed by atoms with Gasteiger partial charge in [0.25, 0.3) is 0 Å². The third-order valence-electron chi connectivity index (χ3n) is 1.86. The number of pyridine rings is 1. The van der Waals surface area contributed by atoms with Crippen molar-refractivity contribution >= 4 is 23.1 Å². The van der Waals surface area contributed by atoms with E-state index in [-0.39, 0.29) is 6.61 Å². The number of anilines is 2. The number of aromatic nitrogens is 1. The first kappa shape index (κ1) is 13.0. The van der Waals surface area contributed by atoms with E-state index in [9.17, 15) is 0 Å². The molecule has 16 heavy (non-hydrogen) atoms. The summed E-state index contributed by atoms with van der Waals surface area (Å²) in [5, 5.41) is 12.1. The second-order valence-corrected chi connectivity index (χ2v) is 3.62. The van der Waals surface area contributed by atoms with Gasteiger partial charge in [-0.25, -0.2) is 4.98 Å². The molecule has 0 aromatic carbocycles. The number of nitrogens with one attached hydrogen (secondary N) is 1. The van der Waals surface area contributed by atoms with Crippen molar-refractivity contribution in [3.63, 3.8) is 0 Å². The maximum Gasteiger partial charge on any atom is 0.144 e. The molecule has 0 unspecified atom stereocenters. The molecule has 0 saturated heterocycles. The molecular weight excluding hydrogens is 230 g/mol. The monoisotopic (exact) mass is 245 g/mol. The van der Waals surface area contributed by atoms with E-state index in [2.05, 4.69) is 10.3 Å². The average Bonchev–Trinajstić information content (AvgIpc) is 2.26. The lowest BCUT2D eigenvalue weighted by molar-refractivity contribution is 0.0922. The summed E-state index contributed by atoms with van der Waals surface area (Å²) in [5.41, 5.74) is 6.06. The van der Waals surface area contributed by atoms with Crippen LogP contribution in [0.2, 0.25) is 5.02 Å². The van der Waals surface area contributed by atoms with Crippen molar-refractivity contribution in [1.82, 2.24) is 4.98 Å². The van der Waals surface area contributed by atoms with Gasteiger partial charge in [0.05, 0.1) is 30.1 Å². The summed E-state index contributed by atoms with van der Waals surface area (Å²) in [6.07, 6.45) is 2.37. The van der Waals surface area contributed by atoms with Crippen molar-refractivity contribution in [3.05, 3.63) is 17.3 Å². The lowest BCUT2D eigenvalue weighted by atomic mass is 10.4. The van der Waals surface area contributed by atoms with E-state index in [0.717, 1.165) is 6.42 Å². The highest BCUT2D eigenvalue weighted by molar-refractivity contribution is 6.33. The summed E-state index contributed by atoms with van der Waals surface area (Å²) in [7, 11) is 0. The maximum absolute atomic E-state index is 8.48. The van der Waals surface area contributed by atoms with Gasteiger partial charge >= 0.3 is 0 Å². The molecule has 1 rings (SSSR count). The van der Waals surface area contributed by atoms with E-state index in [4.69, 9.17) is 27.2 Å². The first-order valence-electron chi connectivity index (χ1n) is 5.07. The Morgan fingerprint density at radius 2 is 2.31 bits per heavy atom. The Bertz CT molecular complexity index is 323. The second-order valence-electron chi connectivity index (χ2n) is 3.22. The molecule has 90 valence electrons. The van der Waals surface area contributed by atoms with Crippen LogP contribution in [0.3, 0.4) is 0 Å². The smallest absolute Gasteiger partial charge is 0.144 e. The number of aliphatic hydroxyl groups excluding tert-OH is 1. The Morgan fingerprint density at radius 3 is 3.00 bits per heavy atom. The summed E-state index contributed by atoms with van der Waals surface area (Å²) < 4.78 is 5.11. The Morgan fingerprint density at radius 1 is 1.50 bits per heavy atom. The third-order valence-corrected chi connectivity index (χ3v) is 2.14. The zero-order valence-corrected chi connectivity index (χ0v) is 9.70. The van der Waals surface area contributed by atoms with Crippen LogP contribution in [0.5, 0.6) is 0 Å². The minimum Gasteiger partial charge on any atom is -0.397 e. The van der Waals surface area contributed by atoms with Crippen molar-refractivity contribution < 1.29 is 9.84 Å². The van der Waals surface area contributed by atoms with Gasteiger partial charge in [0.1, 0.15) is 5.82 Å². The summed E-state index contributed by atoms with van der Waals surface area (Å²) >= 11 is 5.92. The number of hydrogen-bond acceptors (Lipinski definition) is 5. The van der Waals surface area contributed by atoms with Gasteiger partial charge in [-0.2, -0.15) is 0 Å². The first-order valence-corrected chi connectivity index (χ1v) is 5.45. The topological polar surface area (TPSA) is 80.4 Å². The molecule has 0 spiro atoms. The summed E-state index contributed by atoms with van der Waals surface area (Å²) in [5.74, 6) is 0.623. The Hall–Kier alpha value is -1.04. The average molecular weight is 246 g/mol. The third kappa shape index (κ3) is 4.65. The van der Waals surface area contributed by atoms with Gasteiger partial charge in [0.2, 0.25) is 0 Å². The van der Waals surface area contributed by atoms with Crippen molar-refractivity contribution in [2.45, 2.75) is 6.42 Å². The number of rotatable bonds is 7. The van der Waals surface area contributed by atoms with Crippen molar-refractivity contribution in [2.24, 2.45) is 0 Å². The number of nitrogen functional groups attached to an aromatic ring is 1. The van der Waals surface area contributed by atoms with Gasteiger partial charge in [0, 0.05) is 13.2 Å². The molecule has 0 radical (unpaired) electrons. The molecule has 1 aromatic heterocycles. The minimum atomic E-state index is 0.0543. The quantitative estimate of drug-likeness (QED) is 0.628. The van der Waals surface area contributed by atoms with Gasteiger partial charge in [0.15, 0.2) is 0 Å². The Kier molecular flexibility index (Phi) is 5.92. The first-order chi connectivity index (χ1) is 7.74. The normalized spacial score (nSPS) is 10.4. The lowest BCUT2D eigenvalue weighted by Crippen LogP contribution is -2.08. The Balaban J connectivity index is 2.21. The number of hydrogen-bond donors (Lipinski definition) is 3. The zero-order valence-electron chi connectivity index (χ0n) is 8.95. The summed E-state index contributed by atoms with van der Waals surface area (Å²) in [6, 6.07) is 1.65. The van der Waals surface area contributed by atoms with Crippen LogP contribution >= 0.6 is 11.6 Å². The maximum atomic E-state index is 8.48. The predicted molar refractivity (Wildman–Crippen MR) is 64.7 cm³/mol. The largest absolute Gasteiger partial charge is 0.397 e. The van der Waals surface area contributed by atoms with Crippen LogP contribution in [-0.2, 0) is 4.74 Å². The molecule has 1 heterocycles. The number of halogens is 1. The molecule has 0 saturated carbocycles. The van der Waals surface area contributed by atoms with E-state index in [1.165, 1.54) is 0 Å². The number of nitrogens with zero attached hydrogens (tertiary/aromatic N) is 1. The van der Waals surface area contributed by atoms with Gasteiger partial charge in [-0.1, -0.05) is 11.6 Å². The highest BCUT2D eigenvalue weighted by atomic mass is 35.5. The number of aliphatic hydroxyl groups is 1. The SMILES string of the molecule is Nc1cnc(NCCCOCCO)c(Cl)c1. The highest BCUT2D eigenvalue weighted by Gasteiger charge is 2.00. The minimum absolute atomic E-state index is 0.0543. The lowest BCUT2D eigenvalue weighted by Gasteiger charge is -2.07. The van der Waals surface area contributed by atoms with Gasteiger partial charge in [-0.3, -0.25) is 0 Å². The molecule has 0 bridgehead atoms. The van der Waals surface area contributed by atoms with Crippen LogP contribution in [0.4, 0.5) is 11.5 Å². The van der Waals surface area contributed by atoms with Crippen LogP contribution in [0.1, 0.15) is 6.42 Å². The number of ether oxygens (including phenoxy) is 1. The molecule has 1 aromatic rings. The standard InChI is InChI=1S/C10H16ClN3O2/c11-9-6-8(12)7-14-10(9)13-2-1-4-16-5-3-15/h6-7,15H,1-5,12H2,(H,13,14). The van der Waals surface area contributed by atoms with Gasteiger partial charge < -0.3 is 20.9 Å². The summed E-state index contributed by atoms with van der Waals surface area (Å²) in [6.45, 7) is 1.74. The molecule has 0 fully saturated rings. The van der Waals surface area contributed by atoms with Gasteiger partial charge in [-0.15, -0.1) is 0 Å². The molecule has 0 aliphatic rings. The van der Waals surface area contributed by atoms with E-state index >= 15 is 0 Å². The number of nitrogens with two attached hydrogens (primary N) is 1. The van der Waals surface area contributed by atoms with Crippen LogP contribution < -0.4 is 11.1 Å². The molecule has 0 amide bonds. The van der Waals surface area contributed by atoms with Gasteiger partial charge in [-0.05, 0) is 12.5 Å². The van der Waals surface area contributed by atoms with Crippen LogP contribution in [0.25, 0.3) is 0 Å². The molecule has 4 N–H and O–H groups in total. The highest BCUT2D eigenvalue weighted by Crippen LogP contribution is 2.20. The molecule has 0 aliphatic heterocycles. The molecule has 5 nitrogen and oxygen atoms in total. The molecule has 0 atom stereocenters. The molecule has 6 heteroatoms. The van der Waals surface area contributed by atoms with E-state index in [1.54, 1.807) is 12.3 Å². The zero-order chi connectivity index (χ0) is 11.8. The summed E-state index contributed by atoms with van der Waals surface area (Å²) in [4.78, 5) is 4.06. The van der Waals surface area contributed by atoms with Crippen molar-refractivity contribution in [2.75, 3.05) is 37.4 Å². The van der Waals surface area contributed by atoms with E-state index in [1.807, 2.05) is 0 Å². The van der Waals surface area contributed by atoms with Crippen LogP contribution in [-0.4, -0.2) is 36.5 Å². The van der Waals surface area contributed by atoms with E-state index < -0.39 is 0 Å². The van der Waals surface area contributed by atoms with E-state index in [0.29, 0.717) is 36.3 Å². The Labute approximate surface area is 99.6 Å². The molecular formula is C10H16ClN3O2. The fourth-order valence-electron chi connectivity index (χ4n) is 1.13. The molecule has 0 aliphatic carbocycles. The van der Waals surface area contributed by atoms with Crippen molar-refractivity contribution in [1.29, 1.82) is 0 Å². The predicted octanol–water partition coefficient (Wildman–Crippen LogP) is 1.13. The van der Waals surface area contributed by atoms with Crippen LogP contribution in [0.15, 0.2) is 12.3 Å².